The molecule has 0 aromatic heterocycles. The molecule has 0 amide bonds. The summed E-state index contributed by atoms with van der Waals surface area (Å²) in [6.07, 6.45) is 0.609. The minimum atomic E-state index is 0.609. The molecule has 0 spiro atoms. The van der Waals surface area contributed by atoms with Crippen molar-refractivity contribution in [1.29, 1.82) is 5.26 Å². The maximum absolute atomic E-state index is 8.45. The molecule has 0 aliphatic rings. The van der Waals surface area contributed by atoms with E-state index < -0.39 is 0 Å². The first-order valence-electron chi connectivity index (χ1n) is 4.89. The van der Waals surface area contributed by atoms with Gasteiger partial charge in [-0.2, -0.15) is 5.26 Å². The average molecular weight is 213 g/mol. The molecule has 0 heterocycles. The summed E-state index contributed by atoms with van der Waals surface area (Å²) in [5, 5.41) is 11.0. The Labute approximate surface area is 93.7 Å². The first-order chi connectivity index (χ1) is 7.40. The summed E-state index contributed by atoms with van der Waals surface area (Å²) in [6, 6.07) is 16.9. The molecular weight excluding hydrogens is 202 g/mol. The molecule has 2 heteroatoms. The van der Waals surface area contributed by atoms with Gasteiger partial charge < -0.3 is 0 Å². The summed E-state index contributed by atoms with van der Waals surface area (Å²) in [5.74, 6) is 0.870. The molecule has 2 aromatic rings. The van der Waals surface area contributed by atoms with Gasteiger partial charge in [-0.1, -0.05) is 30.3 Å². The van der Waals surface area contributed by atoms with Crippen molar-refractivity contribution in [2.75, 3.05) is 5.75 Å². The molecular formula is C13H11NS. The molecule has 2 aromatic carbocycles. The Balaban J connectivity index is 2.20. The lowest BCUT2D eigenvalue weighted by molar-refractivity contribution is 1.24. The Kier molecular flexibility index (Phi) is 3.26. The summed E-state index contributed by atoms with van der Waals surface area (Å²) < 4.78 is 0. The van der Waals surface area contributed by atoms with E-state index in [-0.39, 0.29) is 0 Å². The van der Waals surface area contributed by atoms with E-state index in [1.807, 2.05) is 12.1 Å². The molecule has 0 unspecified atom stereocenters. The Morgan fingerprint density at radius 3 is 2.67 bits per heavy atom. The van der Waals surface area contributed by atoms with Gasteiger partial charge in [0.15, 0.2) is 0 Å². The summed E-state index contributed by atoms with van der Waals surface area (Å²) in [5.41, 5.74) is 0. The van der Waals surface area contributed by atoms with E-state index in [1.165, 1.54) is 15.7 Å². The smallest absolute Gasteiger partial charge is 0.0630 e. The molecule has 0 aliphatic carbocycles. The fraction of sp³-hybridized carbons (Fsp3) is 0.154. The van der Waals surface area contributed by atoms with Crippen molar-refractivity contribution in [2.45, 2.75) is 11.3 Å². The van der Waals surface area contributed by atoms with Crippen LogP contribution >= 0.6 is 11.8 Å². The number of benzene rings is 2. The van der Waals surface area contributed by atoms with Gasteiger partial charge in [0.2, 0.25) is 0 Å². The molecule has 0 saturated carbocycles. The third kappa shape index (κ3) is 2.51. The molecule has 0 atom stereocenters. The number of thioether (sulfide) groups is 1. The second-order valence-electron chi connectivity index (χ2n) is 3.27. The topological polar surface area (TPSA) is 23.8 Å². The molecule has 0 bridgehead atoms. The van der Waals surface area contributed by atoms with Gasteiger partial charge in [-0.3, -0.25) is 0 Å². The molecule has 15 heavy (non-hydrogen) atoms. The highest BCUT2D eigenvalue weighted by atomic mass is 32.2. The van der Waals surface area contributed by atoms with Gasteiger partial charge in [-0.25, -0.2) is 0 Å². The van der Waals surface area contributed by atoms with Crippen LogP contribution in [0.25, 0.3) is 10.8 Å². The fourth-order valence-electron chi connectivity index (χ4n) is 1.47. The third-order valence-corrected chi connectivity index (χ3v) is 3.20. The number of nitrogens with zero attached hydrogens (tertiary/aromatic N) is 1. The average Bonchev–Trinajstić information content (AvgIpc) is 2.29. The van der Waals surface area contributed by atoms with Crippen LogP contribution in [0.15, 0.2) is 47.4 Å². The van der Waals surface area contributed by atoms with Crippen molar-refractivity contribution in [3.05, 3.63) is 42.5 Å². The van der Waals surface area contributed by atoms with Gasteiger partial charge in [0.05, 0.1) is 6.07 Å². The standard InChI is InChI=1S/C13H11NS/c14-8-3-9-15-13-7-6-11-4-1-2-5-12(11)10-13/h1-2,4-7,10H,3,9H2. The molecule has 1 nitrogen and oxygen atoms in total. The Morgan fingerprint density at radius 2 is 1.87 bits per heavy atom. The van der Waals surface area contributed by atoms with Gasteiger partial charge in [0.25, 0.3) is 0 Å². The number of hydrogen-bond acceptors (Lipinski definition) is 2. The van der Waals surface area contributed by atoms with E-state index >= 15 is 0 Å². The molecule has 0 fully saturated rings. The third-order valence-electron chi connectivity index (χ3n) is 2.20. The van der Waals surface area contributed by atoms with E-state index in [4.69, 9.17) is 5.26 Å². The summed E-state index contributed by atoms with van der Waals surface area (Å²) in [6.45, 7) is 0. The highest BCUT2D eigenvalue weighted by molar-refractivity contribution is 7.99. The second kappa shape index (κ2) is 4.86. The van der Waals surface area contributed by atoms with Crippen LogP contribution in [-0.2, 0) is 0 Å². The zero-order chi connectivity index (χ0) is 10.5. The summed E-state index contributed by atoms with van der Waals surface area (Å²) >= 11 is 1.74. The number of nitriles is 1. The first kappa shape index (κ1) is 10.1. The predicted octanol–water partition coefficient (Wildman–Crippen LogP) is 3.85. The fourth-order valence-corrected chi connectivity index (χ4v) is 2.28. The monoisotopic (exact) mass is 213 g/mol. The van der Waals surface area contributed by atoms with Crippen molar-refractivity contribution in [3.8, 4) is 6.07 Å². The second-order valence-corrected chi connectivity index (χ2v) is 4.43. The van der Waals surface area contributed by atoms with E-state index in [0.717, 1.165) is 5.75 Å². The lowest BCUT2D eigenvalue weighted by atomic mass is 10.1. The predicted molar refractivity (Wildman–Crippen MR) is 64.9 cm³/mol. The minimum Gasteiger partial charge on any atom is -0.198 e. The van der Waals surface area contributed by atoms with Crippen molar-refractivity contribution in [1.82, 2.24) is 0 Å². The largest absolute Gasteiger partial charge is 0.198 e. The van der Waals surface area contributed by atoms with Gasteiger partial charge >= 0.3 is 0 Å². The van der Waals surface area contributed by atoms with Crippen LogP contribution in [0.1, 0.15) is 6.42 Å². The van der Waals surface area contributed by atoms with E-state index in [9.17, 15) is 0 Å². The molecule has 0 saturated heterocycles. The highest BCUT2D eigenvalue weighted by Gasteiger charge is 1.96. The zero-order valence-electron chi connectivity index (χ0n) is 8.31. The van der Waals surface area contributed by atoms with E-state index in [2.05, 4.69) is 36.4 Å². The van der Waals surface area contributed by atoms with Crippen molar-refractivity contribution >= 4 is 22.5 Å². The lowest BCUT2D eigenvalue weighted by Crippen LogP contribution is -1.78. The molecule has 0 N–H and O–H groups in total. The summed E-state index contributed by atoms with van der Waals surface area (Å²) in [4.78, 5) is 1.24. The lowest BCUT2D eigenvalue weighted by Gasteiger charge is -2.01. The van der Waals surface area contributed by atoms with Crippen LogP contribution < -0.4 is 0 Å². The van der Waals surface area contributed by atoms with Crippen LogP contribution in [0.4, 0.5) is 0 Å². The van der Waals surface area contributed by atoms with Crippen LogP contribution in [0, 0.1) is 11.3 Å². The quantitative estimate of drug-likeness (QED) is 0.571. The summed E-state index contributed by atoms with van der Waals surface area (Å²) in [7, 11) is 0. The van der Waals surface area contributed by atoms with Crippen molar-refractivity contribution < 1.29 is 0 Å². The zero-order valence-corrected chi connectivity index (χ0v) is 9.13. The molecule has 0 radical (unpaired) electrons. The van der Waals surface area contributed by atoms with Crippen LogP contribution in [0.3, 0.4) is 0 Å². The molecule has 2 rings (SSSR count). The van der Waals surface area contributed by atoms with E-state index in [0.29, 0.717) is 6.42 Å². The SMILES string of the molecule is N#CCCSc1ccc2ccccc2c1. The maximum atomic E-state index is 8.45. The number of hydrogen-bond donors (Lipinski definition) is 0. The maximum Gasteiger partial charge on any atom is 0.0630 e. The Hall–Kier alpha value is -1.46. The van der Waals surface area contributed by atoms with E-state index in [1.54, 1.807) is 11.8 Å². The molecule has 74 valence electrons. The van der Waals surface area contributed by atoms with Crippen LogP contribution in [0.2, 0.25) is 0 Å². The Bertz CT molecular complexity index is 499. The normalized spacial score (nSPS) is 10.1. The highest BCUT2D eigenvalue weighted by Crippen LogP contribution is 2.23. The first-order valence-corrected chi connectivity index (χ1v) is 5.87. The van der Waals surface area contributed by atoms with Gasteiger partial charge in [-0.15, -0.1) is 11.8 Å². The van der Waals surface area contributed by atoms with Gasteiger partial charge in [0, 0.05) is 17.1 Å². The van der Waals surface area contributed by atoms with Crippen LogP contribution in [0.5, 0.6) is 0 Å². The van der Waals surface area contributed by atoms with Gasteiger partial charge in [0.1, 0.15) is 0 Å². The molecule has 0 aliphatic heterocycles. The minimum absolute atomic E-state index is 0.609. The van der Waals surface area contributed by atoms with Gasteiger partial charge in [-0.05, 0) is 22.9 Å². The van der Waals surface area contributed by atoms with Crippen LogP contribution in [-0.4, -0.2) is 5.75 Å². The number of fused-ring (bicyclic) bond motifs is 1. The number of rotatable bonds is 3. The van der Waals surface area contributed by atoms with Crippen molar-refractivity contribution in [3.63, 3.8) is 0 Å². The Morgan fingerprint density at radius 1 is 1.07 bits per heavy atom. The van der Waals surface area contributed by atoms with Crippen molar-refractivity contribution in [2.24, 2.45) is 0 Å².